The van der Waals surface area contributed by atoms with E-state index in [1.54, 1.807) is 66.7 Å². The van der Waals surface area contributed by atoms with E-state index in [1.807, 2.05) is 0 Å². The van der Waals surface area contributed by atoms with Crippen molar-refractivity contribution in [3.63, 3.8) is 0 Å². The molecular weight excluding hydrogens is 448 g/mol. The molecule has 170 valence electrons. The predicted molar refractivity (Wildman–Crippen MR) is 124 cm³/mol. The molecule has 3 aromatic rings. The lowest BCUT2D eigenvalue weighted by molar-refractivity contribution is -0.123. The molecule has 3 rings (SSSR count). The highest BCUT2D eigenvalue weighted by molar-refractivity contribution is 6.30. The van der Waals surface area contributed by atoms with Crippen molar-refractivity contribution in [2.24, 2.45) is 5.10 Å². The molecule has 0 aromatic heterocycles. The molecule has 0 aliphatic carbocycles. The highest BCUT2D eigenvalue weighted by Gasteiger charge is 2.13. The Morgan fingerprint density at radius 3 is 2.30 bits per heavy atom. The number of carbonyl (C=O) groups excluding carboxylic acids is 2. The van der Waals surface area contributed by atoms with Crippen LogP contribution in [0, 0.1) is 0 Å². The largest absolute Gasteiger partial charge is 0.493 e. The van der Waals surface area contributed by atoms with Crippen LogP contribution in [0.4, 0.5) is 0 Å². The molecule has 8 nitrogen and oxygen atoms in total. The van der Waals surface area contributed by atoms with Crippen LogP contribution in [0.1, 0.15) is 15.9 Å². The van der Waals surface area contributed by atoms with E-state index in [0.717, 1.165) is 0 Å². The summed E-state index contributed by atoms with van der Waals surface area (Å²) in [6.45, 7) is -0.235. The summed E-state index contributed by atoms with van der Waals surface area (Å²) in [5.74, 6) is 0.549. The summed E-state index contributed by atoms with van der Waals surface area (Å²) in [4.78, 5) is 24.3. The van der Waals surface area contributed by atoms with Gasteiger partial charge in [-0.3, -0.25) is 4.79 Å². The van der Waals surface area contributed by atoms with Crippen LogP contribution in [0.15, 0.2) is 71.8 Å². The second-order valence-electron chi connectivity index (χ2n) is 6.54. The number of rotatable bonds is 9. The molecule has 0 fully saturated rings. The maximum absolute atomic E-state index is 12.3. The number of hydrazone groups is 1. The number of nitrogens with one attached hydrogen (secondary N) is 1. The minimum absolute atomic E-state index is 0.235. The molecule has 0 saturated carbocycles. The van der Waals surface area contributed by atoms with E-state index in [2.05, 4.69) is 10.5 Å². The molecule has 0 aliphatic heterocycles. The fourth-order valence-electron chi connectivity index (χ4n) is 2.69. The van der Waals surface area contributed by atoms with Crippen LogP contribution in [0.2, 0.25) is 5.02 Å². The van der Waals surface area contributed by atoms with E-state index in [9.17, 15) is 9.59 Å². The van der Waals surface area contributed by atoms with Crippen LogP contribution in [-0.4, -0.2) is 38.9 Å². The van der Waals surface area contributed by atoms with Gasteiger partial charge < -0.3 is 18.9 Å². The molecule has 0 saturated heterocycles. The summed E-state index contributed by atoms with van der Waals surface area (Å²) >= 11 is 5.84. The van der Waals surface area contributed by atoms with Gasteiger partial charge in [0.05, 0.1) is 26.0 Å². The lowest BCUT2D eigenvalue weighted by atomic mass is 10.2. The molecule has 0 aliphatic rings. The predicted octanol–water partition coefficient (Wildman–Crippen LogP) is 4.11. The summed E-state index contributed by atoms with van der Waals surface area (Å²) in [6, 6.07) is 18.2. The Labute approximate surface area is 195 Å². The molecule has 0 spiro atoms. The Balaban J connectivity index is 1.56. The van der Waals surface area contributed by atoms with Crippen molar-refractivity contribution in [2.45, 2.75) is 0 Å². The average Bonchev–Trinajstić information content (AvgIpc) is 2.84. The van der Waals surface area contributed by atoms with E-state index in [-0.39, 0.29) is 12.4 Å². The number of amides is 1. The highest BCUT2D eigenvalue weighted by atomic mass is 35.5. The number of para-hydroxylation sites is 2. The van der Waals surface area contributed by atoms with Gasteiger partial charge in [-0.1, -0.05) is 23.7 Å². The molecule has 0 bridgehead atoms. The number of methoxy groups -OCH3 is 2. The Morgan fingerprint density at radius 2 is 1.61 bits per heavy atom. The van der Waals surface area contributed by atoms with Gasteiger partial charge in [-0.15, -0.1) is 0 Å². The fraction of sp³-hybridized carbons (Fsp3) is 0.125. The van der Waals surface area contributed by atoms with Gasteiger partial charge in [0, 0.05) is 5.02 Å². The zero-order valence-electron chi connectivity index (χ0n) is 17.9. The van der Waals surface area contributed by atoms with Gasteiger partial charge in [0.2, 0.25) is 0 Å². The molecule has 3 aromatic carbocycles. The molecule has 9 heteroatoms. The van der Waals surface area contributed by atoms with Crippen molar-refractivity contribution in [1.82, 2.24) is 5.43 Å². The Morgan fingerprint density at radius 1 is 0.909 bits per heavy atom. The lowest BCUT2D eigenvalue weighted by Crippen LogP contribution is -2.24. The Kier molecular flexibility index (Phi) is 8.26. The third-order valence-corrected chi connectivity index (χ3v) is 4.55. The topological polar surface area (TPSA) is 95.5 Å². The summed E-state index contributed by atoms with van der Waals surface area (Å²) in [6.07, 6.45) is 1.42. The highest BCUT2D eigenvalue weighted by Crippen LogP contribution is 2.28. The normalized spacial score (nSPS) is 10.5. The van der Waals surface area contributed by atoms with Crippen LogP contribution in [-0.2, 0) is 4.79 Å². The third-order valence-electron chi connectivity index (χ3n) is 4.30. The minimum Gasteiger partial charge on any atom is -0.493 e. The minimum atomic E-state index is -0.548. The number of nitrogens with zero attached hydrogens (tertiary/aromatic N) is 1. The Bertz CT molecular complexity index is 1150. The molecule has 0 radical (unpaired) electrons. The third kappa shape index (κ3) is 6.72. The number of benzene rings is 3. The van der Waals surface area contributed by atoms with Crippen LogP contribution in [0.3, 0.4) is 0 Å². The quantitative estimate of drug-likeness (QED) is 0.220. The van der Waals surface area contributed by atoms with E-state index in [4.69, 9.17) is 30.5 Å². The Hall–Kier alpha value is -4.04. The van der Waals surface area contributed by atoms with Gasteiger partial charge in [0.25, 0.3) is 5.91 Å². The monoisotopic (exact) mass is 468 g/mol. The number of hydrogen-bond donors (Lipinski definition) is 1. The second-order valence-corrected chi connectivity index (χ2v) is 6.98. The SMILES string of the molecule is COc1ccccc1OCC(=O)N/N=C\c1ccc(OC(=O)c2ccc(Cl)cc2)c(OC)c1. The number of halogens is 1. The van der Waals surface area contributed by atoms with Crippen LogP contribution in [0.5, 0.6) is 23.0 Å². The number of esters is 1. The van der Waals surface area contributed by atoms with Gasteiger partial charge in [-0.2, -0.15) is 5.10 Å². The van der Waals surface area contributed by atoms with Crippen molar-refractivity contribution < 1.29 is 28.5 Å². The van der Waals surface area contributed by atoms with Gasteiger partial charge >= 0.3 is 5.97 Å². The van der Waals surface area contributed by atoms with Crippen molar-refractivity contribution in [3.8, 4) is 23.0 Å². The van der Waals surface area contributed by atoms with Crippen LogP contribution in [0.25, 0.3) is 0 Å². The summed E-state index contributed by atoms with van der Waals surface area (Å²) in [5, 5.41) is 4.43. The van der Waals surface area contributed by atoms with E-state index in [0.29, 0.717) is 33.4 Å². The maximum Gasteiger partial charge on any atom is 0.343 e. The molecule has 1 N–H and O–H groups in total. The number of hydrogen-bond acceptors (Lipinski definition) is 7. The molecule has 0 unspecified atom stereocenters. The molecular formula is C24H21ClN2O6. The van der Waals surface area contributed by atoms with Crippen molar-refractivity contribution in [1.29, 1.82) is 0 Å². The number of carbonyl (C=O) groups is 2. The lowest BCUT2D eigenvalue weighted by Gasteiger charge is -2.10. The molecule has 0 heterocycles. The molecule has 33 heavy (non-hydrogen) atoms. The van der Waals surface area contributed by atoms with Crippen molar-refractivity contribution in [3.05, 3.63) is 82.9 Å². The van der Waals surface area contributed by atoms with Crippen molar-refractivity contribution in [2.75, 3.05) is 20.8 Å². The van der Waals surface area contributed by atoms with E-state index in [1.165, 1.54) is 20.4 Å². The van der Waals surface area contributed by atoms with Gasteiger partial charge in [0.1, 0.15) is 0 Å². The number of ether oxygens (including phenoxy) is 4. The average molecular weight is 469 g/mol. The standard InChI is InChI=1S/C24H21ClN2O6/c1-30-19-5-3-4-6-20(19)32-15-23(28)27-26-14-16-7-12-21(22(13-16)31-2)33-24(29)17-8-10-18(25)11-9-17/h3-14H,15H2,1-2H3,(H,27,28)/b26-14-. The zero-order valence-corrected chi connectivity index (χ0v) is 18.7. The summed E-state index contributed by atoms with van der Waals surface area (Å²) in [5.41, 5.74) is 3.34. The first-order valence-electron chi connectivity index (χ1n) is 9.73. The second kappa shape index (κ2) is 11.5. The smallest absolute Gasteiger partial charge is 0.343 e. The van der Waals surface area contributed by atoms with E-state index < -0.39 is 11.9 Å². The van der Waals surface area contributed by atoms with E-state index >= 15 is 0 Å². The first-order valence-corrected chi connectivity index (χ1v) is 10.1. The van der Waals surface area contributed by atoms with Gasteiger partial charge in [-0.05, 0) is 60.2 Å². The van der Waals surface area contributed by atoms with Crippen LogP contribution >= 0.6 is 11.6 Å². The van der Waals surface area contributed by atoms with Crippen molar-refractivity contribution >= 4 is 29.7 Å². The maximum atomic E-state index is 12.3. The van der Waals surface area contributed by atoms with Gasteiger partial charge in [-0.25, -0.2) is 10.2 Å². The van der Waals surface area contributed by atoms with Crippen LogP contribution < -0.4 is 24.4 Å². The zero-order chi connectivity index (χ0) is 23.6. The first-order chi connectivity index (χ1) is 16.0. The molecule has 1 amide bonds. The first kappa shape index (κ1) is 23.6. The summed E-state index contributed by atoms with van der Waals surface area (Å²) < 4.78 is 21.3. The van der Waals surface area contributed by atoms with Gasteiger partial charge in [0.15, 0.2) is 29.6 Å². The summed E-state index contributed by atoms with van der Waals surface area (Å²) in [7, 11) is 2.97. The fourth-order valence-corrected chi connectivity index (χ4v) is 2.81. The molecule has 0 atom stereocenters.